The zero-order valence-electron chi connectivity index (χ0n) is 22.3. The normalized spacial score (nSPS) is 25.0. The minimum Gasteiger partial charge on any atom is -0.389 e. The first-order chi connectivity index (χ1) is 16.1. The lowest BCUT2D eigenvalue weighted by Crippen LogP contribution is -2.43. The number of fused-ring (bicyclic) bond motifs is 1. The Balaban J connectivity index is 1.57. The van der Waals surface area contributed by atoms with Gasteiger partial charge in [-0.1, -0.05) is 109 Å². The van der Waals surface area contributed by atoms with Crippen LogP contribution in [0.25, 0.3) is 0 Å². The summed E-state index contributed by atoms with van der Waals surface area (Å²) in [5.74, 6) is 0.251. The maximum Gasteiger partial charge on any atom is 0.112 e. The first-order valence-electron chi connectivity index (χ1n) is 14.9. The number of hydrogen-bond donors (Lipinski definition) is 2. The van der Waals surface area contributed by atoms with E-state index in [1.807, 2.05) is 0 Å². The smallest absolute Gasteiger partial charge is 0.112 e. The SMILES string of the molecule is CCCCCCC/C=C\CCCCCCCC[C@@]1(O)C(CCCCCC)=C2CCC[C@@H]2[C@@H]1O. The van der Waals surface area contributed by atoms with Gasteiger partial charge in [0, 0.05) is 5.92 Å². The summed E-state index contributed by atoms with van der Waals surface area (Å²) >= 11 is 0. The number of hydrogen-bond acceptors (Lipinski definition) is 2. The molecule has 0 amide bonds. The average molecular weight is 461 g/mol. The minimum absolute atomic E-state index is 0.251. The second-order valence-corrected chi connectivity index (χ2v) is 11.0. The van der Waals surface area contributed by atoms with Crippen molar-refractivity contribution < 1.29 is 10.2 Å². The summed E-state index contributed by atoms with van der Waals surface area (Å²) in [4.78, 5) is 0. The van der Waals surface area contributed by atoms with E-state index in [1.54, 1.807) is 0 Å². The summed E-state index contributed by atoms with van der Waals surface area (Å²) in [5, 5.41) is 22.6. The van der Waals surface area contributed by atoms with E-state index < -0.39 is 11.7 Å². The summed E-state index contributed by atoms with van der Waals surface area (Å²) in [5.41, 5.74) is 1.77. The van der Waals surface area contributed by atoms with Gasteiger partial charge in [-0.05, 0) is 69.8 Å². The highest BCUT2D eigenvalue weighted by Gasteiger charge is 2.52. The van der Waals surface area contributed by atoms with Gasteiger partial charge < -0.3 is 10.2 Å². The molecule has 0 aliphatic heterocycles. The molecule has 0 unspecified atom stereocenters. The van der Waals surface area contributed by atoms with Gasteiger partial charge in [-0.25, -0.2) is 0 Å². The molecule has 0 heterocycles. The maximum absolute atomic E-state index is 11.6. The van der Waals surface area contributed by atoms with E-state index in [0.717, 1.165) is 32.1 Å². The van der Waals surface area contributed by atoms with Crippen molar-refractivity contribution in [1.29, 1.82) is 0 Å². The molecular weight excluding hydrogens is 404 g/mol. The largest absolute Gasteiger partial charge is 0.389 e. The molecule has 1 fully saturated rings. The lowest BCUT2D eigenvalue weighted by atomic mass is 9.82. The molecule has 2 aliphatic rings. The van der Waals surface area contributed by atoms with Gasteiger partial charge in [-0.3, -0.25) is 0 Å². The molecule has 2 heteroatoms. The van der Waals surface area contributed by atoms with Crippen LogP contribution in [0.2, 0.25) is 0 Å². The van der Waals surface area contributed by atoms with E-state index in [4.69, 9.17) is 0 Å². The summed E-state index contributed by atoms with van der Waals surface area (Å²) in [6, 6.07) is 0. The van der Waals surface area contributed by atoms with E-state index in [1.165, 1.54) is 120 Å². The van der Waals surface area contributed by atoms with Crippen LogP contribution in [0.3, 0.4) is 0 Å². The number of allylic oxidation sites excluding steroid dienone is 2. The van der Waals surface area contributed by atoms with Crippen LogP contribution in [0.5, 0.6) is 0 Å². The first kappa shape index (κ1) is 28.6. The number of unbranched alkanes of at least 4 members (excludes halogenated alkanes) is 14. The van der Waals surface area contributed by atoms with Crippen molar-refractivity contribution in [2.24, 2.45) is 5.92 Å². The third-order valence-corrected chi connectivity index (χ3v) is 8.29. The Labute approximate surface area is 206 Å². The lowest BCUT2D eigenvalue weighted by Gasteiger charge is -2.32. The van der Waals surface area contributed by atoms with Crippen LogP contribution in [0.1, 0.15) is 155 Å². The Kier molecular flexibility index (Phi) is 14.7. The molecule has 0 spiro atoms. The second kappa shape index (κ2) is 16.9. The fraction of sp³-hybridized carbons (Fsp3) is 0.871. The molecule has 0 bridgehead atoms. The van der Waals surface area contributed by atoms with Crippen LogP contribution in [-0.2, 0) is 0 Å². The molecule has 33 heavy (non-hydrogen) atoms. The van der Waals surface area contributed by atoms with Crippen LogP contribution in [0, 0.1) is 5.92 Å². The van der Waals surface area contributed by atoms with E-state index in [9.17, 15) is 10.2 Å². The molecule has 0 radical (unpaired) electrons. The van der Waals surface area contributed by atoms with E-state index in [-0.39, 0.29) is 5.92 Å². The lowest BCUT2D eigenvalue weighted by molar-refractivity contribution is -0.0621. The molecule has 0 saturated heterocycles. The predicted molar refractivity (Wildman–Crippen MR) is 144 cm³/mol. The van der Waals surface area contributed by atoms with Crippen LogP contribution in [0.15, 0.2) is 23.3 Å². The van der Waals surface area contributed by atoms with E-state index in [2.05, 4.69) is 26.0 Å². The molecule has 192 valence electrons. The Hall–Kier alpha value is -0.600. The van der Waals surface area contributed by atoms with Crippen molar-refractivity contribution in [3.8, 4) is 0 Å². The van der Waals surface area contributed by atoms with Crippen LogP contribution >= 0.6 is 0 Å². The molecule has 2 aliphatic carbocycles. The molecule has 0 aromatic heterocycles. The first-order valence-corrected chi connectivity index (χ1v) is 14.9. The van der Waals surface area contributed by atoms with Gasteiger partial charge in [0.05, 0.1) is 6.10 Å². The van der Waals surface area contributed by atoms with Crippen molar-refractivity contribution in [3.05, 3.63) is 23.3 Å². The zero-order chi connectivity index (χ0) is 23.8. The summed E-state index contributed by atoms with van der Waals surface area (Å²) in [6.07, 6.45) is 31.1. The highest BCUT2D eigenvalue weighted by Crippen LogP contribution is 2.51. The maximum atomic E-state index is 11.6. The fourth-order valence-electron chi connectivity index (χ4n) is 6.25. The van der Waals surface area contributed by atoms with Crippen molar-refractivity contribution >= 4 is 0 Å². The number of rotatable bonds is 20. The molecule has 0 aromatic rings. The van der Waals surface area contributed by atoms with Gasteiger partial charge in [-0.2, -0.15) is 0 Å². The quantitative estimate of drug-likeness (QED) is 0.140. The van der Waals surface area contributed by atoms with Crippen molar-refractivity contribution in [1.82, 2.24) is 0 Å². The van der Waals surface area contributed by atoms with Crippen molar-refractivity contribution in [2.45, 2.75) is 167 Å². The van der Waals surface area contributed by atoms with Crippen LogP contribution < -0.4 is 0 Å². The standard InChI is InChI=1S/C31H56O2/c1-3-5-7-9-10-11-12-13-14-15-16-17-18-19-21-26-31(33)29(25-20-8-6-4-2)27-23-22-24-28(27)30(31)32/h12-13,28,30,32-33H,3-11,14-26H2,1-2H3/b13-12-/t28-,30-,31+/m0/s1. The Bertz CT molecular complexity index is 563. The van der Waals surface area contributed by atoms with Gasteiger partial charge in [0.1, 0.15) is 5.60 Å². The molecule has 0 aromatic carbocycles. The molecule has 3 atom stereocenters. The molecule has 2 rings (SSSR count). The van der Waals surface area contributed by atoms with Gasteiger partial charge in [0.25, 0.3) is 0 Å². The fourth-order valence-corrected chi connectivity index (χ4v) is 6.25. The number of aliphatic hydroxyl groups excluding tert-OH is 1. The molecule has 2 N–H and O–H groups in total. The predicted octanol–water partition coefficient (Wildman–Crippen LogP) is 9.20. The van der Waals surface area contributed by atoms with Gasteiger partial charge >= 0.3 is 0 Å². The Morgan fingerprint density at radius 3 is 1.94 bits per heavy atom. The number of aliphatic hydroxyl groups is 2. The highest BCUT2D eigenvalue weighted by atomic mass is 16.3. The highest BCUT2D eigenvalue weighted by molar-refractivity contribution is 5.38. The average Bonchev–Trinajstić information content (AvgIpc) is 3.36. The molecular formula is C31H56O2. The van der Waals surface area contributed by atoms with E-state index >= 15 is 0 Å². The van der Waals surface area contributed by atoms with Gasteiger partial charge in [0.2, 0.25) is 0 Å². The second-order valence-electron chi connectivity index (χ2n) is 11.0. The van der Waals surface area contributed by atoms with E-state index in [0.29, 0.717) is 0 Å². The zero-order valence-corrected chi connectivity index (χ0v) is 22.3. The van der Waals surface area contributed by atoms with Crippen molar-refractivity contribution in [2.75, 3.05) is 0 Å². The van der Waals surface area contributed by atoms with Crippen LogP contribution in [0.4, 0.5) is 0 Å². The van der Waals surface area contributed by atoms with Gasteiger partial charge in [0.15, 0.2) is 0 Å². The van der Waals surface area contributed by atoms with Crippen LogP contribution in [-0.4, -0.2) is 21.9 Å². The summed E-state index contributed by atoms with van der Waals surface area (Å²) in [6.45, 7) is 4.52. The summed E-state index contributed by atoms with van der Waals surface area (Å²) in [7, 11) is 0. The summed E-state index contributed by atoms with van der Waals surface area (Å²) < 4.78 is 0. The van der Waals surface area contributed by atoms with Gasteiger partial charge in [-0.15, -0.1) is 0 Å². The third kappa shape index (κ3) is 9.52. The topological polar surface area (TPSA) is 40.5 Å². The minimum atomic E-state index is -0.923. The van der Waals surface area contributed by atoms with Crippen molar-refractivity contribution in [3.63, 3.8) is 0 Å². The molecule has 1 saturated carbocycles. The Morgan fingerprint density at radius 2 is 1.30 bits per heavy atom. The third-order valence-electron chi connectivity index (χ3n) is 8.29. The Morgan fingerprint density at radius 1 is 0.758 bits per heavy atom. The molecule has 2 nitrogen and oxygen atoms in total. The monoisotopic (exact) mass is 460 g/mol.